The average molecular weight is 251 g/mol. The lowest BCUT2D eigenvalue weighted by atomic mass is 10.4. The summed E-state index contributed by atoms with van der Waals surface area (Å²) in [6.07, 6.45) is 0.924. The van der Waals surface area contributed by atoms with Gasteiger partial charge < -0.3 is 9.47 Å². The molecular weight excluding hydrogens is 245 g/mol. The van der Waals surface area contributed by atoms with E-state index in [2.05, 4.69) is 0 Å². The molecule has 0 radical (unpaired) electrons. The number of rotatable bonds is 2. The van der Waals surface area contributed by atoms with Gasteiger partial charge in [0.15, 0.2) is 0 Å². The van der Waals surface area contributed by atoms with Crippen LogP contribution < -0.4 is 0 Å². The molecule has 0 saturated heterocycles. The summed E-state index contributed by atoms with van der Waals surface area (Å²) < 4.78 is 21.0. The van der Waals surface area contributed by atoms with E-state index >= 15 is 0 Å². The normalized spacial score (nSPS) is 23.9. The van der Waals surface area contributed by atoms with Gasteiger partial charge >= 0.3 is 5.85 Å². The van der Waals surface area contributed by atoms with E-state index < -0.39 is 5.85 Å². The molecule has 70 valence electrons. The third kappa shape index (κ3) is 2.74. The molecule has 0 aliphatic carbocycles. The molecule has 0 N–H and O–H groups in total. The third-order valence-electron chi connectivity index (χ3n) is 1.21. The molecule has 1 heterocycles. The summed E-state index contributed by atoms with van der Waals surface area (Å²) in [5, 5.41) is 0. The van der Waals surface area contributed by atoms with Crippen LogP contribution in [0.3, 0.4) is 0 Å². The molecule has 0 aromatic heterocycles. The molecule has 0 saturated carbocycles. The van der Waals surface area contributed by atoms with Crippen LogP contribution in [0.2, 0.25) is 0 Å². The van der Waals surface area contributed by atoms with Gasteiger partial charge in [0.2, 0.25) is 5.50 Å². The molecule has 0 amide bonds. The minimum absolute atomic E-state index is 0.0211. The van der Waals surface area contributed by atoms with Gasteiger partial charge in [-0.15, -0.1) is 11.6 Å². The topological polar surface area (TPSA) is 35.5 Å². The van der Waals surface area contributed by atoms with Crippen molar-refractivity contribution in [2.45, 2.75) is 6.10 Å². The highest BCUT2D eigenvalue weighted by Gasteiger charge is 2.28. The van der Waals surface area contributed by atoms with Crippen LogP contribution in [-0.4, -0.2) is 18.6 Å². The molecule has 0 aromatic carbocycles. The summed E-state index contributed by atoms with van der Waals surface area (Å²) in [5.41, 5.74) is -0.0211. The Morgan fingerprint density at radius 3 is 2.67 bits per heavy atom. The molecule has 0 fully saturated rings. The van der Waals surface area contributed by atoms with Crippen LogP contribution in [0.5, 0.6) is 0 Å². The molecule has 0 bridgehead atoms. The zero-order chi connectivity index (χ0) is 9.19. The SMILES string of the molecule is O=P(Cl)(Cl)C1=COC(CCl)CO1. The van der Waals surface area contributed by atoms with Crippen LogP contribution in [0.4, 0.5) is 0 Å². The highest BCUT2D eigenvalue weighted by atomic mass is 35.9. The fourth-order valence-electron chi connectivity index (χ4n) is 0.623. The van der Waals surface area contributed by atoms with Gasteiger partial charge in [0.1, 0.15) is 19.0 Å². The molecule has 1 aliphatic rings. The predicted molar refractivity (Wildman–Crippen MR) is 48.9 cm³/mol. The van der Waals surface area contributed by atoms with Gasteiger partial charge in [0.05, 0.1) is 5.88 Å². The van der Waals surface area contributed by atoms with Crippen LogP contribution in [0.1, 0.15) is 0 Å². The van der Waals surface area contributed by atoms with Crippen molar-refractivity contribution in [1.29, 1.82) is 0 Å². The van der Waals surface area contributed by atoms with Gasteiger partial charge in [-0.05, 0) is 22.5 Å². The van der Waals surface area contributed by atoms with E-state index in [9.17, 15) is 4.57 Å². The van der Waals surface area contributed by atoms with Gasteiger partial charge in [-0.3, -0.25) is 4.57 Å². The summed E-state index contributed by atoms with van der Waals surface area (Å²) in [4.78, 5) is 0. The molecule has 0 aromatic rings. The molecule has 12 heavy (non-hydrogen) atoms. The second kappa shape index (κ2) is 4.10. The van der Waals surface area contributed by atoms with E-state index in [1.54, 1.807) is 0 Å². The van der Waals surface area contributed by atoms with Gasteiger partial charge in [-0.2, -0.15) is 0 Å². The molecule has 1 unspecified atom stereocenters. The van der Waals surface area contributed by atoms with E-state index in [0.29, 0.717) is 5.88 Å². The number of alkyl halides is 1. The number of ether oxygens (including phenoxy) is 2. The van der Waals surface area contributed by atoms with E-state index in [0.717, 1.165) is 6.26 Å². The summed E-state index contributed by atoms with van der Waals surface area (Å²) in [6.45, 7) is 0.221. The minimum atomic E-state index is -3.36. The number of halogens is 3. The third-order valence-corrected chi connectivity index (χ3v) is 3.30. The Kier molecular flexibility index (Phi) is 3.59. The monoisotopic (exact) mass is 250 g/mol. The molecular formula is C5H6Cl3O3P. The maximum atomic E-state index is 11.0. The first-order valence-electron chi connectivity index (χ1n) is 3.08. The maximum absolute atomic E-state index is 11.0. The zero-order valence-electron chi connectivity index (χ0n) is 5.87. The standard InChI is InChI=1S/C5H6Cl3O3P/c6-1-4-2-11-5(3-10-4)12(7,8)9/h3-4H,1-2H2. The first-order chi connectivity index (χ1) is 5.54. The molecule has 1 rings (SSSR count). The molecule has 0 spiro atoms. The van der Waals surface area contributed by atoms with Crippen molar-refractivity contribution < 1.29 is 14.0 Å². The first-order valence-corrected chi connectivity index (χ1v) is 7.13. The van der Waals surface area contributed by atoms with Crippen molar-refractivity contribution in [3.05, 3.63) is 11.8 Å². The lowest BCUT2D eigenvalue weighted by Gasteiger charge is -2.22. The van der Waals surface area contributed by atoms with Gasteiger partial charge in [0, 0.05) is 0 Å². The van der Waals surface area contributed by atoms with Crippen LogP contribution in [-0.2, 0) is 14.0 Å². The van der Waals surface area contributed by atoms with E-state index in [-0.39, 0.29) is 18.2 Å². The summed E-state index contributed by atoms with van der Waals surface area (Å²) in [7, 11) is 0. The zero-order valence-corrected chi connectivity index (χ0v) is 9.04. The highest BCUT2D eigenvalue weighted by Crippen LogP contribution is 2.64. The van der Waals surface area contributed by atoms with Crippen molar-refractivity contribution in [2.24, 2.45) is 0 Å². The molecule has 1 atom stereocenters. The van der Waals surface area contributed by atoms with E-state index in [4.69, 9.17) is 43.6 Å². The Labute approximate surface area is 84.5 Å². The Morgan fingerprint density at radius 1 is 1.67 bits per heavy atom. The van der Waals surface area contributed by atoms with Crippen LogP contribution >= 0.6 is 39.9 Å². The second-order valence-corrected chi connectivity index (χ2v) is 7.19. The smallest absolute Gasteiger partial charge is 0.318 e. The predicted octanol–water partition coefficient (Wildman–Crippen LogP) is 3.11. The lowest BCUT2D eigenvalue weighted by molar-refractivity contribution is 0.0406. The first kappa shape index (κ1) is 10.5. The van der Waals surface area contributed by atoms with Crippen LogP contribution in [0.25, 0.3) is 0 Å². The second-order valence-electron chi connectivity index (χ2n) is 2.14. The van der Waals surface area contributed by atoms with Crippen molar-refractivity contribution >= 4 is 39.9 Å². The van der Waals surface area contributed by atoms with E-state index in [1.165, 1.54) is 0 Å². The Balaban J connectivity index is 2.62. The Morgan fingerprint density at radius 2 is 2.33 bits per heavy atom. The molecule has 1 aliphatic heterocycles. The quantitative estimate of drug-likeness (QED) is 0.559. The Hall–Kier alpha value is 0.440. The summed E-state index contributed by atoms with van der Waals surface area (Å²) in [5.74, 6) is -3.06. The molecule has 7 heteroatoms. The minimum Gasteiger partial charge on any atom is -0.489 e. The van der Waals surface area contributed by atoms with Crippen LogP contribution in [0.15, 0.2) is 11.8 Å². The maximum Gasteiger partial charge on any atom is 0.318 e. The average Bonchev–Trinajstić information content (AvgIpc) is 2.03. The highest BCUT2D eigenvalue weighted by molar-refractivity contribution is 8.11. The van der Waals surface area contributed by atoms with Crippen LogP contribution in [0, 0.1) is 0 Å². The van der Waals surface area contributed by atoms with Crippen molar-refractivity contribution in [3.8, 4) is 0 Å². The Bertz CT molecular complexity index is 236. The van der Waals surface area contributed by atoms with Crippen molar-refractivity contribution in [1.82, 2.24) is 0 Å². The van der Waals surface area contributed by atoms with Gasteiger partial charge in [0.25, 0.3) is 0 Å². The summed E-state index contributed by atoms with van der Waals surface area (Å²) >= 11 is 16.1. The van der Waals surface area contributed by atoms with Gasteiger partial charge in [-0.1, -0.05) is 0 Å². The lowest BCUT2D eigenvalue weighted by Crippen LogP contribution is -2.22. The number of hydrogen-bond acceptors (Lipinski definition) is 3. The fraction of sp³-hybridized carbons (Fsp3) is 0.600. The van der Waals surface area contributed by atoms with Crippen molar-refractivity contribution in [3.63, 3.8) is 0 Å². The van der Waals surface area contributed by atoms with E-state index in [1.807, 2.05) is 0 Å². The fourth-order valence-corrected chi connectivity index (χ4v) is 1.73. The largest absolute Gasteiger partial charge is 0.489 e. The summed E-state index contributed by atoms with van der Waals surface area (Å²) in [6, 6.07) is 0. The molecule has 3 nitrogen and oxygen atoms in total. The number of hydrogen-bond donors (Lipinski definition) is 0. The van der Waals surface area contributed by atoms with Gasteiger partial charge in [-0.25, -0.2) is 0 Å². The van der Waals surface area contributed by atoms with Crippen molar-refractivity contribution in [2.75, 3.05) is 12.5 Å².